The fourth-order valence-electron chi connectivity index (χ4n) is 2.82. The maximum absolute atomic E-state index is 11.0. The van der Waals surface area contributed by atoms with E-state index in [4.69, 9.17) is 4.98 Å². The molecule has 0 bridgehead atoms. The third-order valence-electron chi connectivity index (χ3n) is 3.91. The van der Waals surface area contributed by atoms with Crippen LogP contribution in [0.4, 0.5) is 0 Å². The number of aryl methyl sites for hydroxylation is 1. The smallest absolute Gasteiger partial charge is 0.216 e. The standard InChI is InChI=1S/C19H20BrN3O/c1-14(24)21-11-5-10-19-22-17-8-2-3-9-18(17)23(19)13-15-6-4-7-16(20)12-15/h2-4,6-9,12H,5,10-11,13H2,1H3,(H,21,24). The molecule has 0 saturated heterocycles. The van der Waals surface area contributed by atoms with Crippen molar-refractivity contribution in [1.82, 2.24) is 14.9 Å². The van der Waals surface area contributed by atoms with E-state index in [1.54, 1.807) is 6.92 Å². The SMILES string of the molecule is CC(=O)NCCCc1nc2ccccc2n1Cc1cccc(Br)c1. The third kappa shape index (κ3) is 4.03. The van der Waals surface area contributed by atoms with E-state index in [0.717, 1.165) is 40.7 Å². The number of halogens is 1. The predicted octanol–water partition coefficient (Wildman–Crippen LogP) is 3.92. The molecule has 5 heteroatoms. The average Bonchev–Trinajstić information content (AvgIpc) is 2.89. The van der Waals surface area contributed by atoms with E-state index in [1.807, 2.05) is 24.3 Å². The normalized spacial score (nSPS) is 10.9. The van der Waals surface area contributed by atoms with Gasteiger partial charge in [0.2, 0.25) is 5.91 Å². The minimum Gasteiger partial charge on any atom is -0.356 e. The summed E-state index contributed by atoms with van der Waals surface area (Å²) >= 11 is 3.53. The van der Waals surface area contributed by atoms with Crippen molar-refractivity contribution >= 4 is 32.9 Å². The number of carbonyl (C=O) groups is 1. The Hall–Kier alpha value is -2.14. The van der Waals surface area contributed by atoms with Crippen LogP contribution >= 0.6 is 15.9 Å². The molecule has 3 aromatic rings. The highest BCUT2D eigenvalue weighted by molar-refractivity contribution is 9.10. The number of hydrogen-bond donors (Lipinski definition) is 1. The van der Waals surface area contributed by atoms with E-state index in [-0.39, 0.29) is 5.91 Å². The molecular formula is C19H20BrN3O. The van der Waals surface area contributed by atoms with E-state index in [9.17, 15) is 4.79 Å². The van der Waals surface area contributed by atoms with Crippen molar-refractivity contribution < 1.29 is 4.79 Å². The monoisotopic (exact) mass is 385 g/mol. The van der Waals surface area contributed by atoms with E-state index < -0.39 is 0 Å². The topological polar surface area (TPSA) is 46.9 Å². The van der Waals surface area contributed by atoms with E-state index in [2.05, 4.69) is 50.1 Å². The molecule has 0 unspecified atom stereocenters. The molecular weight excluding hydrogens is 366 g/mol. The van der Waals surface area contributed by atoms with Crippen LogP contribution in [0.2, 0.25) is 0 Å². The van der Waals surface area contributed by atoms with Crippen LogP contribution in [0.5, 0.6) is 0 Å². The minimum atomic E-state index is 0.0117. The van der Waals surface area contributed by atoms with Gasteiger partial charge in [-0.15, -0.1) is 0 Å². The van der Waals surface area contributed by atoms with Crippen molar-refractivity contribution in [2.45, 2.75) is 26.3 Å². The number of para-hydroxylation sites is 2. The Morgan fingerprint density at radius 2 is 2.04 bits per heavy atom. The van der Waals surface area contributed by atoms with Gasteiger partial charge in [-0.1, -0.05) is 40.2 Å². The van der Waals surface area contributed by atoms with Crippen LogP contribution < -0.4 is 5.32 Å². The Labute approximate surface area is 150 Å². The number of benzene rings is 2. The molecule has 0 fully saturated rings. The number of fused-ring (bicyclic) bond motifs is 1. The lowest BCUT2D eigenvalue weighted by Gasteiger charge is -2.10. The van der Waals surface area contributed by atoms with Gasteiger partial charge in [0.25, 0.3) is 0 Å². The van der Waals surface area contributed by atoms with Crippen molar-refractivity contribution in [3.63, 3.8) is 0 Å². The van der Waals surface area contributed by atoms with Gasteiger partial charge in [-0.25, -0.2) is 4.98 Å². The summed E-state index contributed by atoms with van der Waals surface area (Å²) in [7, 11) is 0. The zero-order chi connectivity index (χ0) is 16.9. The van der Waals surface area contributed by atoms with Crippen LogP contribution in [0, 0.1) is 0 Å². The maximum Gasteiger partial charge on any atom is 0.216 e. The van der Waals surface area contributed by atoms with Crippen LogP contribution in [-0.2, 0) is 17.8 Å². The Morgan fingerprint density at radius 1 is 1.21 bits per heavy atom. The summed E-state index contributed by atoms with van der Waals surface area (Å²) in [6.07, 6.45) is 1.71. The lowest BCUT2D eigenvalue weighted by molar-refractivity contribution is -0.118. The number of carbonyl (C=O) groups excluding carboxylic acids is 1. The second kappa shape index (κ2) is 7.62. The van der Waals surface area contributed by atoms with Gasteiger partial charge in [-0.05, 0) is 36.2 Å². The van der Waals surface area contributed by atoms with Crippen LogP contribution in [0.1, 0.15) is 24.7 Å². The van der Waals surface area contributed by atoms with Gasteiger partial charge in [-0.2, -0.15) is 0 Å². The average molecular weight is 386 g/mol. The highest BCUT2D eigenvalue weighted by atomic mass is 79.9. The van der Waals surface area contributed by atoms with E-state index in [1.165, 1.54) is 5.56 Å². The van der Waals surface area contributed by atoms with Crippen LogP contribution in [0.15, 0.2) is 53.0 Å². The first-order chi connectivity index (χ1) is 11.6. The molecule has 1 aromatic heterocycles. The fraction of sp³-hybridized carbons (Fsp3) is 0.263. The molecule has 0 aliphatic heterocycles. The van der Waals surface area contributed by atoms with Gasteiger partial charge >= 0.3 is 0 Å². The molecule has 1 N–H and O–H groups in total. The van der Waals surface area contributed by atoms with Gasteiger partial charge in [0.15, 0.2) is 0 Å². The maximum atomic E-state index is 11.0. The Bertz CT molecular complexity index is 857. The van der Waals surface area contributed by atoms with Crippen LogP contribution in [0.25, 0.3) is 11.0 Å². The van der Waals surface area contributed by atoms with Crippen molar-refractivity contribution in [2.75, 3.05) is 6.54 Å². The van der Waals surface area contributed by atoms with Crippen molar-refractivity contribution in [2.24, 2.45) is 0 Å². The van der Waals surface area contributed by atoms with Crippen molar-refractivity contribution in [3.05, 3.63) is 64.4 Å². The molecule has 1 amide bonds. The molecule has 4 nitrogen and oxygen atoms in total. The summed E-state index contributed by atoms with van der Waals surface area (Å²) in [6, 6.07) is 16.6. The number of imidazole rings is 1. The number of hydrogen-bond acceptors (Lipinski definition) is 2. The molecule has 3 rings (SSSR count). The first kappa shape index (κ1) is 16.7. The summed E-state index contributed by atoms with van der Waals surface area (Å²) in [5.41, 5.74) is 3.39. The second-order valence-electron chi connectivity index (χ2n) is 5.82. The largest absolute Gasteiger partial charge is 0.356 e. The summed E-state index contributed by atoms with van der Waals surface area (Å²) in [6.45, 7) is 3.01. The van der Waals surface area contributed by atoms with Gasteiger partial charge in [0, 0.05) is 30.9 Å². The number of nitrogens with one attached hydrogen (secondary N) is 1. The summed E-state index contributed by atoms with van der Waals surface area (Å²) in [5.74, 6) is 1.07. The Kier molecular flexibility index (Phi) is 5.30. The van der Waals surface area contributed by atoms with Gasteiger partial charge in [0.05, 0.1) is 11.0 Å². The predicted molar refractivity (Wildman–Crippen MR) is 100.0 cm³/mol. The Morgan fingerprint density at radius 3 is 2.83 bits per heavy atom. The Balaban J connectivity index is 1.86. The van der Waals surface area contributed by atoms with Crippen molar-refractivity contribution in [1.29, 1.82) is 0 Å². The van der Waals surface area contributed by atoms with E-state index in [0.29, 0.717) is 6.54 Å². The highest BCUT2D eigenvalue weighted by Gasteiger charge is 2.11. The molecule has 1 heterocycles. The lowest BCUT2D eigenvalue weighted by Crippen LogP contribution is -2.21. The summed E-state index contributed by atoms with van der Waals surface area (Å²) in [5, 5.41) is 2.84. The third-order valence-corrected chi connectivity index (χ3v) is 4.41. The summed E-state index contributed by atoms with van der Waals surface area (Å²) in [4.78, 5) is 15.8. The van der Waals surface area contributed by atoms with E-state index >= 15 is 0 Å². The fourth-order valence-corrected chi connectivity index (χ4v) is 3.27. The minimum absolute atomic E-state index is 0.0117. The zero-order valence-electron chi connectivity index (χ0n) is 13.6. The molecule has 0 radical (unpaired) electrons. The van der Waals surface area contributed by atoms with Crippen LogP contribution in [-0.4, -0.2) is 22.0 Å². The van der Waals surface area contributed by atoms with Crippen molar-refractivity contribution in [3.8, 4) is 0 Å². The number of aromatic nitrogens is 2. The zero-order valence-corrected chi connectivity index (χ0v) is 15.2. The second-order valence-corrected chi connectivity index (χ2v) is 6.74. The number of rotatable bonds is 6. The molecule has 24 heavy (non-hydrogen) atoms. The molecule has 0 saturated carbocycles. The molecule has 124 valence electrons. The van der Waals surface area contributed by atoms with Gasteiger partial charge in [0.1, 0.15) is 5.82 Å². The first-order valence-electron chi connectivity index (χ1n) is 8.06. The number of nitrogens with zero attached hydrogens (tertiary/aromatic N) is 2. The lowest BCUT2D eigenvalue weighted by atomic mass is 10.2. The molecule has 0 spiro atoms. The van der Waals surface area contributed by atoms with Gasteiger partial charge < -0.3 is 9.88 Å². The molecule has 0 aliphatic rings. The highest BCUT2D eigenvalue weighted by Crippen LogP contribution is 2.20. The molecule has 0 atom stereocenters. The van der Waals surface area contributed by atoms with Gasteiger partial charge in [-0.3, -0.25) is 4.79 Å². The molecule has 2 aromatic carbocycles. The van der Waals surface area contributed by atoms with Crippen LogP contribution in [0.3, 0.4) is 0 Å². The quantitative estimate of drug-likeness (QED) is 0.653. The first-order valence-corrected chi connectivity index (χ1v) is 8.86. The summed E-state index contributed by atoms with van der Waals surface area (Å²) < 4.78 is 3.35. The number of amides is 1. The molecule has 0 aliphatic carbocycles.